The molecule has 0 spiro atoms. The molecule has 0 aliphatic carbocycles. The van der Waals surface area contributed by atoms with Gasteiger partial charge in [0, 0.05) is 10.5 Å². The highest BCUT2D eigenvalue weighted by Crippen LogP contribution is 2.30. The molecule has 0 heterocycles. The van der Waals surface area contributed by atoms with Crippen LogP contribution in [0.25, 0.3) is 0 Å². The molecule has 0 aliphatic heterocycles. The third-order valence-electron chi connectivity index (χ3n) is 2.89. The second kappa shape index (κ2) is 7.11. The van der Waals surface area contributed by atoms with Crippen LogP contribution in [0.2, 0.25) is 5.02 Å². The first kappa shape index (κ1) is 15.4. The van der Waals surface area contributed by atoms with Crippen molar-refractivity contribution in [2.75, 3.05) is 0 Å². The molecular weight excluding hydrogens is 338 g/mol. The van der Waals surface area contributed by atoms with Crippen LogP contribution in [-0.4, -0.2) is 6.04 Å². The van der Waals surface area contributed by atoms with Gasteiger partial charge in [0.05, 0.1) is 5.02 Å². The highest BCUT2D eigenvalue weighted by molar-refractivity contribution is 9.10. The van der Waals surface area contributed by atoms with E-state index in [1.54, 1.807) is 0 Å². The van der Waals surface area contributed by atoms with E-state index in [1.807, 2.05) is 49.4 Å². The van der Waals surface area contributed by atoms with Gasteiger partial charge in [-0.15, -0.1) is 0 Å². The summed E-state index contributed by atoms with van der Waals surface area (Å²) in [6, 6.07) is 13.9. The van der Waals surface area contributed by atoms with Crippen molar-refractivity contribution in [1.29, 1.82) is 0 Å². The Hall–Kier alpha value is -1.03. The van der Waals surface area contributed by atoms with Crippen molar-refractivity contribution < 1.29 is 4.74 Å². The predicted octanol–water partition coefficient (Wildman–Crippen LogP) is 4.57. The van der Waals surface area contributed by atoms with Crippen LogP contribution in [0.1, 0.15) is 18.1 Å². The molecule has 0 saturated carbocycles. The van der Waals surface area contributed by atoms with Gasteiger partial charge in [-0.2, -0.15) is 0 Å². The summed E-state index contributed by atoms with van der Waals surface area (Å²) >= 11 is 9.65. The Bertz CT molecular complexity index is 569. The van der Waals surface area contributed by atoms with Gasteiger partial charge >= 0.3 is 0 Å². The monoisotopic (exact) mass is 353 g/mol. The number of hydrogen-bond donors (Lipinski definition) is 1. The van der Waals surface area contributed by atoms with E-state index in [2.05, 4.69) is 15.9 Å². The van der Waals surface area contributed by atoms with Gasteiger partial charge in [-0.25, -0.2) is 0 Å². The van der Waals surface area contributed by atoms with Crippen molar-refractivity contribution in [2.45, 2.75) is 26.0 Å². The SMILES string of the molecule is CC(N)Cc1cccc(Cl)c1OCc1ccc(Br)cc1. The molecule has 0 saturated heterocycles. The first-order valence-electron chi connectivity index (χ1n) is 6.46. The largest absolute Gasteiger partial charge is 0.487 e. The molecule has 0 fully saturated rings. The zero-order valence-electron chi connectivity index (χ0n) is 11.3. The minimum atomic E-state index is 0.0727. The lowest BCUT2D eigenvalue weighted by molar-refractivity contribution is 0.302. The molecule has 4 heteroatoms. The van der Waals surface area contributed by atoms with Crippen molar-refractivity contribution in [3.05, 3.63) is 63.1 Å². The Morgan fingerprint density at radius 1 is 1.20 bits per heavy atom. The van der Waals surface area contributed by atoms with Gasteiger partial charge in [-0.1, -0.05) is 51.8 Å². The molecule has 0 amide bonds. The molecule has 1 atom stereocenters. The van der Waals surface area contributed by atoms with Crippen LogP contribution in [0.3, 0.4) is 0 Å². The Kier molecular flexibility index (Phi) is 5.46. The van der Waals surface area contributed by atoms with E-state index >= 15 is 0 Å². The van der Waals surface area contributed by atoms with Crippen LogP contribution in [0.5, 0.6) is 5.75 Å². The minimum Gasteiger partial charge on any atom is -0.487 e. The molecule has 2 aromatic rings. The van der Waals surface area contributed by atoms with Gasteiger partial charge in [0.2, 0.25) is 0 Å². The zero-order chi connectivity index (χ0) is 14.5. The molecular formula is C16H17BrClNO. The van der Waals surface area contributed by atoms with Crippen molar-refractivity contribution in [3.63, 3.8) is 0 Å². The van der Waals surface area contributed by atoms with Gasteiger partial charge in [0.15, 0.2) is 0 Å². The molecule has 20 heavy (non-hydrogen) atoms. The zero-order valence-corrected chi connectivity index (χ0v) is 13.6. The van der Waals surface area contributed by atoms with Crippen molar-refractivity contribution in [1.82, 2.24) is 0 Å². The van der Waals surface area contributed by atoms with Crippen molar-refractivity contribution in [3.8, 4) is 5.75 Å². The number of para-hydroxylation sites is 1. The second-order valence-corrected chi connectivity index (χ2v) is 6.15. The Balaban J connectivity index is 2.13. The van der Waals surface area contributed by atoms with Crippen molar-refractivity contribution in [2.24, 2.45) is 5.73 Å². The fourth-order valence-electron chi connectivity index (χ4n) is 1.96. The predicted molar refractivity (Wildman–Crippen MR) is 87.3 cm³/mol. The maximum Gasteiger partial charge on any atom is 0.141 e. The number of halogens is 2. The van der Waals surface area contributed by atoms with Crippen LogP contribution < -0.4 is 10.5 Å². The van der Waals surface area contributed by atoms with E-state index in [1.165, 1.54) is 0 Å². The fraction of sp³-hybridized carbons (Fsp3) is 0.250. The summed E-state index contributed by atoms with van der Waals surface area (Å²) in [5.41, 5.74) is 8.01. The first-order valence-corrected chi connectivity index (χ1v) is 7.63. The van der Waals surface area contributed by atoms with E-state index < -0.39 is 0 Å². The summed E-state index contributed by atoms with van der Waals surface area (Å²) in [6.07, 6.45) is 0.746. The van der Waals surface area contributed by atoms with Crippen LogP contribution >= 0.6 is 27.5 Å². The molecule has 2 rings (SSSR count). The van der Waals surface area contributed by atoms with Crippen LogP contribution in [0.4, 0.5) is 0 Å². The van der Waals surface area contributed by atoms with E-state index in [9.17, 15) is 0 Å². The third-order valence-corrected chi connectivity index (χ3v) is 3.71. The second-order valence-electron chi connectivity index (χ2n) is 4.82. The topological polar surface area (TPSA) is 35.2 Å². The lowest BCUT2D eigenvalue weighted by Crippen LogP contribution is -2.18. The number of nitrogens with two attached hydrogens (primary N) is 1. The maximum atomic E-state index is 6.23. The maximum absolute atomic E-state index is 6.23. The smallest absolute Gasteiger partial charge is 0.141 e. The van der Waals surface area contributed by atoms with Crippen molar-refractivity contribution >= 4 is 27.5 Å². The number of ether oxygens (including phenoxy) is 1. The molecule has 0 aliphatic rings. The molecule has 2 aromatic carbocycles. The minimum absolute atomic E-state index is 0.0727. The van der Waals surface area contributed by atoms with Crippen LogP contribution in [-0.2, 0) is 13.0 Å². The third kappa shape index (κ3) is 4.23. The Labute approximate surface area is 133 Å². The normalized spacial score (nSPS) is 12.2. The molecule has 106 valence electrons. The van der Waals surface area contributed by atoms with Crippen LogP contribution in [0, 0.1) is 0 Å². The van der Waals surface area contributed by atoms with Gasteiger partial charge in [0.1, 0.15) is 12.4 Å². The number of rotatable bonds is 5. The summed E-state index contributed by atoms with van der Waals surface area (Å²) in [5, 5.41) is 0.625. The lowest BCUT2D eigenvalue weighted by atomic mass is 10.1. The van der Waals surface area contributed by atoms with Gasteiger partial charge < -0.3 is 10.5 Å². The fourth-order valence-corrected chi connectivity index (χ4v) is 2.47. The molecule has 0 radical (unpaired) electrons. The summed E-state index contributed by atoms with van der Waals surface area (Å²) in [5.74, 6) is 0.731. The molecule has 2 N–H and O–H groups in total. The Morgan fingerprint density at radius 2 is 1.90 bits per heavy atom. The lowest BCUT2D eigenvalue weighted by Gasteiger charge is -2.14. The molecule has 2 nitrogen and oxygen atoms in total. The molecule has 0 aromatic heterocycles. The quantitative estimate of drug-likeness (QED) is 0.853. The van der Waals surface area contributed by atoms with E-state index in [0.29, 0.717) is 11.6 Å². The first-order chi connectivity index (χ1) is 9.56. The molecule has 0 bridgehead atoms. The Morgan fingerprint density at radius 3 is 2.55 bits per heavy atom. The van der Waals surface area contributed by atoms with E-state index in [4.69, 9.17) is 22.1 Å². The van der Waals surface area contributed by atoms with Gasteiger partial charge in [-0.3, -0.25) is 0 Å². The summed E-state index contributed by atoms with van der Waals surface area (Å²) in [4.78, 5) is 0. The van der Waals surface area contributed by atoms with Gasteiger partial charge in [-0.05, 0) is 42.7 Å². The summed E-state index contributed by atoms with van der Waals surface area (Å²) < 4.78 is 6.94. The number of benzene rings is 2. The summed E-state index contributed by atoms with van der Waals surface area (Å²) in [7, 11) is 0. The van der Waals surface area contributed by atoms with Crippen LogP contribution in [0.15, 0.2) is 46.9 Å². The van der Waals surface area contributed by atoms with Gasteiger partial charge in [0.25, 0.3) is 0 Å². The molecule has 1 unspecified atom stereocenters. The highest BCUT2D eigenvalue weighted by atomic mass is 79.9. The highest BCUT2D eigenvalue weighted by Gasteiger charge is 2.10. The standard InChI is InChI=1S/C16H17BrClNO/c1-11(19)9-13-3-2-4-15(18)16(13)20-10-12-5-7-14(17)8-6-12/h2-8,11H,9-10,19H2,1H3. The van der Waals surface area contributed by atoms with E-state index in [-0.39, 0.29) is 6.04 Å². The average molecular weight is 355 g/mol. The number of hydrogen-bond acceptors (Lipinski definition) is 2. The van der Waals surface area contributed by atoms with E-state index in [0.717, 1.165) is 27.8 Å². The average Bonchev–Trinajstić information content (AvgIpc) is 2.39. The summed E-state index contributed by atoms with van der Waals surface area (Å²) in [6.45, 7) is 2.46.